The van der Waals surface area contributed by atoms with Gasteiger partial charge in [0.1, 0.15) is 0 Å². The standard InChI is InChI=1S/C34H37ClN2O11S/c1-7-43-24-16-21(11-12-23(24)47-17-27(38)42-6)30-29(33(41)46-10-4)19(5)36-34-37(30)32(40)26(49-34)15-20-13-22(35)31(25(14-20)44-8-2)48-18-28(39)45-9-3/h11-16,30H,7-10,17-18H2,1-6H3/b26-15-/t30-/m1/s1. The van der Waals surface area contributed by atoms with Gasteiger partial charge in [0, 0.05) is 0 Å². The predicted molar refractivity (Wildman–Crippen MR) is 180 cm³/mol. The van der Waals surface area contributed by atoms with Crippen molar-refractivity contribution in [3.63, 3.8) is 0 Å². The topological polar surface area (TPSA) is 150 Å². The Morgan fingerprint density at radius 3 is 2.24 bits per heavy atom. The van der Waals surface area contributed by atoms with Crippen LogP contribution >= 0.6 is 22.9 Å². The number of nitrogens with zero attached hydrogens (tertiary/aromatic N) is 2. The van der Waals surface area contributed by atoms with Crippen LogP contribution < -0.4 is 33.8 Å². The lowest BCUT2D eigenvalue weighted by Crippen LogP contribution is -2.40. The van der Waals surface area contributed by atoms with Crippen molar-refractivity contribution < 1.29 is 47.5 Å². The third-order valence-electron chi connectivity index (χ3n) is 6.94. The van der Waals surface area contributed by atoms with Crippen molar-refractivity contribution in [1.82, 2.24) is 4.57 Å². The third kappa shape index (κ3) is 8.62. The molecule has 1 aromatic heterocycles. The molecule has 0 saturated carbocycles. The fourth-order valence-electron chi connectivity index (χ4n) is 4.94. The van der Waals surface area contributed by atoms with Gasteiger partial charge in [-0.3, -0.25) is 9.36 Å². The first-order chi connectivity index (χ1) is 23.6. The quantitative estimate of drug-likeness (QED) is 0.167. The first kappa shape index (κ1) is 37.0. The maximum atomic E-state index is 14.2. The first-order valence-electron chi connectivity index (χ1n) is 15.5. The van der Waals surface area contributed by atoms with E-state index in [4.69, 9.17) is 40.0 Å². The number of carbonyl (C=O) groups is 3. The van der Waals surface area contributed by atoms with E-state index in [1.807, 2.05) is 0 Å². The maximum absolute atomic E-state index is 14.2. The molecule has 49 heavy (non-hydrogen) atoms. The number of allylic oxidation sites excluding steroid dienone is 1. The number of hydrogen-bond donors (Lipinski definition) is 0. The second-order valence-corrected chi connectivity index (χ2v) is 11.6. The lowest BCUT2D eigenvalue weighted by Gasteiger charge is -2.25. The van der Waals surface area contributed by atoms with Crippen LogP contribution in [0.4, 0.5) is 0 Å². The number of hydrogen-bond acceptors (Lipinski definition) is 13. The highest BCUT2D eigenvalue weighted by Crippen LogP contribution is 2.38. The molecular weight excluding hydrogens is 680 g/mol. The molecule has 2 aromatic carbocycles. The Balaban J connectivity index is 1.85. The Morgan fingerprint density at radius 1 is 0.878 bits per heavy atom. The van der Waals surface area contributed by atoms with E-state index in [2.05, 4.69) is 9.73 Å². The highest BCUT2D eigenvalue weighted by molar-refractivity contribution is 7.07. The minimum atomic E-state index is -0.937. The van der Waals surface area contributed by atoms with E-state index < -0.39 is 29.5 Å². The SMILES string of the molecule is CCOC(=O)COc1c(Cl)cc(/C=c2\sc3n(c2=O)[C@H](c2ccc(OCC(=O)OC)c(OCC)c2)C(C(=O)OCC)=C(C)N=3)cc1OCC. The number of carbonyl (C=O) groups excluding carboxylic acids is 3. The molecule has 15 heteroatoms. The lowest BCUT2D eigenvalue weighted by atomic mass is 9.95. The minimum absolute atomic E-state index is 0.111. The Kier molecular flexibility index (Phi) is 12.9. The Hall–Kier alpha value is -4.82. The molecule has 0 fully saturated rings. The van der Waals surface area contributed by atoms with Gasteiger partial charge in [0.15, 0.2) is 41.0 Å². The summed E-state index contributed by atoms with van der Waals surface area (Å²) in [5.74, 6) is -0.752. The van der Waals surface area contributed by atoms with Gasteiger partial charge in [-0.15, -0.1) is 0 Å². The Labute approximate surface area is 291 Å². The van der Waals surface area contributed by atoms with Crippen LogP contribution in [0.3, 0.4) is 0 Å². The van der Waals surface area contributed by atoms with Crippen molar-refractivity contribution in [2.45, 2.75) is 40.7 Å². The first-order valence-corrected chi connectivity index (χ1v) is 16.7. The van der Waals surface area contributed by atoms with E-state index in [1.54, 1.807) is 71.0 Å². The van der Waals surface area contributed by atoms with E-state index in [1.165, 1.54) is 11.7 Å². The minimum Gasteiger partial charge on any atom is -0.490 e. The molecule has 1 atom stereocenters. The van der Waals surface area contributed by atoms with Gasteiger partial charge in [-0.05, 0) is 76.1 Å². The smallest absolute Gasteiger partial charge is 0.344 e. The van der Waals surface area contributed by atoms with Gasteiger partial charge in [0.2, 0.25) is 0 Å². The fraction of sp³-hybridized carbons (Fsp3) is 0.382. The zero-order valence-corrected chi connectivity index (χ0v) is 29.5. The van der Waals surface area contributed by atoms with E-state index in [9.17, 15) is 19.2 Å². The molecule has 13 nitrogen and oxygen atoms in total. The zero-order chi connectivity index (χ0) is 35.7. The highest BCUT2D eigenvalue weighted by Gasteiger charge is 2.34. The molecule has 2 heterocycles. The number of ether oxygens (including phenoxy) is 7. The van der Waals surface area contributed by atoms with E-state index in [0.717, 1.165) is 11.3 Å². The van der Waals surface area contributed by atoms with Crippen molar-refractivity contribution in [2.24, 2.45) is 4.99 Å². The molecule has 4 rings (SSSR count). The van der Waals surface area contributed by atoms with Gasteiger partial charge in [-0.2, -0.15) is 0 Å². The van der Waals surface area contributed by atoms with Crippen LogP contribution in [-0.2, 0) is 28.6 Å². The van der Waals surface area contributed by atoms with Crippen LogP contribution in [0.15, 0.2) is 51.4 Å². The molecular formula is C34H37ClN2O11S. The van der Waals surface area contributed by atoms with Gasteiger partial charge in [-0.25, -0.2) is 19.4 Å². The summed E-state index contributed by atoms with van der Waals surface area (Å²) >= 11 is 7.69. The molecule has 0 N–H and O–H groups in total. The van der Waals surface area contributed by atoms with Crippen LogP contribution in [-0.4, -0.2) is 69.2 Å². The number of halogens is 1. The van der Waals surface area contributed by atoms with Gasteiger partial charge in [-0.1, -0.05) is 29.0 Å². The number of methoxy groups -OCH3 is 1. The summed E-state index contributed by atoms with van der Waals surface area (Å²) in [7, 11) is 1.25. The zero-order valence-electron chi connectivity index (χ0n) is 28.0. The van der Waals surface area contributed by atoms with Crippen LogP contribution in [0.25, 0.3) is 6.08 Å². The highest BCUT2D eigenvalue weighted by atomic mass is 35.5. The number of fused-ring (bicyclic) bond motifs is 1. The van der Waals surface area contributed by atoms with Crippen molar-refractivity contribution in [3.05, 3.63) is 77.4 Å². The number of esters is 3. The van der Waals surface area contributed by atoms with E-state index in [0.29, 0.717) is 31.9 Å². The van der Waals surface area contributed by atoms with Crippen LogP contribution in [0.2, 0.25) is 5.02 Å². The number of benzene rings is 2. The van der Waals surface area contributed by atoms with Crippen LogP contribution in [0.5, 0.6) is 23.0 Å². The van der Waals surface area contributed by atoms with Crippen LogP contribution in [0.1, 0.15) is 51.8 Å². The summed E-state index contributed by atoms with van der Waals surface area (Å²) in [6, 6.07) is 7.21. The Bertz CT molecular complexity index is 1930. The molecule has 0 aliphatic carbocycles. The maximum Gasteiger partial charge on any atom is 0.344 e. The average molecular weight is 717 g/mol. The largest absolute Gasteiger partial charge is 0.490 e. The molecule has 0 unspecified atom stereocenters. The molecule has 0 bridgehead atoms. The summed E-state index contributed by atoms with van der Waals surface area (Å²) in [6.45, 7) is 8.80. The molecule has 0 saturated heterocycles. The number of aromatic nitrogens is 1. The number of rotatable bonds is 15. The lowest BCUT2D eigenvalue weighted by molar-refractivity contribution is -0.145. The average Bonchev–Trinajstić information content (AvgIpc) is 3.36. The normalized spacial score (nSPS) is 14.0. The van der Waals surface area contributed by atoms with Gasteiger partial charge >= 0.3 is 17.9 Å². The van der Waals surface area contributed by atoms with Crippen molar-refractivity contribution >= 4 is 46.9 Å². The molecule has 262 valence electrons. The second-order valence-electron chi connectivity index (χ2n) is 10.2. The molecule has 0 spiro atoms. The molecule has 0 amide bonds. The van der Waals surface area contributed by atoms with E-state index in [-0.39, 0.29) is 67.5 Å². The summed E-state index contributed by atoms with van der Waals surface area (Å²) in [6.07, 6.45) is 1.63. The van der Waals surface area contributed by atoms with Crippen LogP contribution in [0, 0.1) is 0 Å². The van der Waals surface area contributed by atoms with Crippen molar-refractivity contribution in [2.75, 3.05) is 46.8 Å². The third-order valence-corrected chi connectivity index (χ3v) is 8.21. The fourth-order valence-corrected chi connectivity index (χ4v) is 6.26. The van der Waals surface area contributed by atoms with E-state index >= 15 is 0 Å². The number of thiazole rings is 1. The Morgan fingerprint density at radius 2 is 1.57 bits per heavy atom. The molecule has 1 aliphatic heterocycles. The second kappa shape index (κ2) is 17.0. The molecule has 3 aromatic rings. The van der Waals surface area contributed by atoms with Gasteiger partial charge in [0.25, 0.3) is 5.56 Å². The molecule has 0 radical (unpaired) electrons. The summed E-state index contributed by atoms with van der Waals surface area (Å²) in [4.78, 5) is 56.1. The van der Waals surface area contributed by atoms with Gasteiger partial charge < -0.3 is 33.2 Å². The summed E-state index contributed by atoms with van der Waals surface area (Å²) in [5, 5.41) is 0.158. The summed E-state index contributed by atoms with van der Waals surface area (Å²) < 4.78 is 39.5. The monoisotopic (exact) mass is 716 g/mol. The summed E-state index contributed by atoms with van der Waals surface area (Å²) in [5.41, 5.74) is 1.17. The van der Waals surface area contributed by atoms with Crippen molar-refractivity contribution in [3.8, 4) is 23.0 Å². The van der Waals surface area contributed by atoms with Crippen molar-refractivity contribution in [1.29, 1.82) is 0 Å². The van der Waals surface area contributed by atoms with Gasteiger partial charge in [0.05, 0.1) is 60.4 Å². The molecule has 1 aliphatic rings. The predicted octanol–water partition coefficient (Wildman–Crippen LogP) is 3.74.